The number of nitrogens with two attached hydrogens (primary N) is 1. The lowest BCUT2D eigenvalue weighted by Crippen LogP contribution is -2.19. The Morgan fingerprint density at radius 3 is 2.93 bits per heavy atom. The van der Waals surface area contributed by atoms with E-state index in [0.29, 0.717) is 5.15 Å². The van der Waals surface area contributed by atoms with Gasteiger partial charge in [-0.1, -0.05) is 17.7 Å². The summed E-state index contributed by atoms with van der Waals surface area (Å²) in [6, 6.07) is 4.02. The van der Waals surface area contributed by atoms with E-state index in [1.165, 1.54) is 0 Å². The van der Waals surface area contributed by atoms with E-state index < -0.39 is 0 Å². The fraction of sp³-hybridized carbons (Fsp3) is 0.364. The van der Waals surface area contributed by atoms with Crippen LogP contribution >= 0.6 is 11.6 Å². The fourth-order valence-corrected chi connectivity index (χ4v) is 2.12. The number of nitrogens with zero attached hydrogens (tertiary/aromatic N) is 2. The fourth-order valence-electron chi connectivity index (χ4n) is 1.94. The van der Waals surface area contributed by atoms with Gasteiger partial charge in [0.05, 0.1) is 5.69 Å². The van der Waals surface area contributed by atoms with Crippen molar-refractivity contribution in [2.75, 3.05) is 0 Å². The molecule has 2 N–H and O–H groups in total. The molecule has 15 heavy (non-hydrogen) atoms. The third kappa shape index (κ3) is 1.20. The molecule has 0 bridgehead atoms. The lowest BCUT2D eigenvalue weighted by atomic mass is 10.1. The summed E-state index contributed by atoms with van der Waals surface area (Å²) in [7, 11) is 0. The van der Waals surface area contributed by atoms with E-state index in [0.717, 1.165) is 29.7 Å². The maximum atomic E-state index is 6.20. The van der Waals surface area contributed by atoms with E-state index in [4.69, 9.17) is 17.3 Å². The van der Waals surface area contributed by atoms with Gasteiger partial charge in [-0.15, -0.1) is 0 Å². The van der Waals surface area contributed by atoms with Crippen LogP contribution in [0.15, 0.2) is 18.3 Å². The minimum Gasteiger partial charge on any atom is -0.321 e. The lowest BCUT2D eigenvalue weighted by Gasteiger charge is -2.09. The van der Waals surface area contributed by atoms with Crippen molar-refractivity contribution < 1.29 is 0 Å². The Labute approximate surface area is 92.9 Å². The first-order valence-corrected chi connectivity index (χ1v) is 5.42. The predicted molar refractivity (Wildman–Crippen MR) is 60.0 cm³/mol. The SMILES string of the molecule is Cc1nc2c(C3(N)CC3)cccn2c1Cl. The molecular weight excluding hydrogens is 210 g/mol. The van der Waals surface area contributed by atoms with Gasteiger partial charge in [0.1, 0.15) is 10.8 Å². The number of rotatable bonds is 1. The second kappa shape index (κ2) is 2.74. The molecular formula is C11H12ClN3. The number of hydrogen-bond acceptors (Lipinski definition) is 2. The second-order valence-electron chi connectivity index (χ2n) is 4.26. The Hall–Kier alpha value is -1.06. The molecule has 2 aromatic heterocycles. The molecule has 1 saturated carbocycles. The molecule has 0 spiro atoms. The molecule has 1 aliphatic rings. The standard InChI is InChI=1S/C11H12ClN3/c1-7-9(12)15-6-2-3-8(10(15)14-7)11(13)4-5-11/h2-3,6H,4-5,13H2,1H3. The molecule has 2 heterocycles. The van der Waals surface area contributed by atoms with Crippen LogP contribution in [0.3, 0.4) is 0 Å². The molecule has 0 aliphatic heterocycles. The van der Waals surface area contributed by atoms with Crippen molar-refractivity contribution in [3.8, 4) is 0 Å². The molecule has 0 unspecified atom stereocenters. The average Bonchev–Trinajstić information content (AvgIpc) is 2.90. The molecule has 0 radical (unpaired) electrons. The highest BCUT2D eigenvalue weighted by molar-refractivity contribution is 6.30. The van der Waals surface area contributed by atoms with Gasteiger partial charge in [0.15, 0.2) is 0 Å². The van der Waals surface area contributed by atoms with Crippen LogP contribution < -0.4 is 5.73 Å². The summed E-state index contributed by atoms with van der Waals surface area (Å²) in [5.74, 6) is 0. The Bertz CT molecular complexity index is 540. The first-order valence-electron chi connectivity index (χ1n) is 5.04. The number of aryl methyl sites for hydroxylation is 1. The van der Waals surface area contributed by atoms with E-state index in [1.54, 1.807) is 0 Å². The Morgan fingerprint density at radius 2 is 2.27 bits per heavy atom. The zero-order valence-corrected chi connectivity index (χ0v) is 9.25. The number of aromatic nitrogens is 2. The summed E-state index contributed by atoms with van der Waals surface area (Å²) in [4.78, 5) is 4.47. The first kappa shape index (κ1) is 9.19. The van der Waals surface area contributed by atoms with E-state index >= 15 is 0 Å². The lowest BCUT2D eigenvalue weighted by molar-refractivity contribution is 0.740. The summed E-state index contributed by atoms with van der Waals surface area (Å²) in [6.45, 7) is 1.91. The number of hydrogen-bond donors (Lipinski definition) is 1. The molecule has 1 aliphatic carbocycles. The van der Waals surface area contributed by atoms with Crippen LogP contribution in [0.2, 0.25) is 5.15 Å². The van der Waals surface area contributed by atoms with Crippen LogP contribution in [-0.4, -0.2) is 9.38 Å². The number of fused-ring (bicyclic) bond motifs is 1. The Balaban J connectivity index is 2.36. The van der Waals surface area contributed by atoms with Gasteiger partial charge < -0.3 is 5.73 Å². The quantitative estimate of drug-likeness (QED) is 0.803. The average molecular weight is 222 g/mol. The van der Waals surface area contributed by atoms with Crippen LogP contribution in [0.25, 0.3) is 5.65 Å². The van der Waals surface area contributed by atoms with E-state index in [-0.39, 0.29) is 5.54 Å². The van der Waals surface area contributed by atoms with Crippen molar-refractivity contribution in [1.82, 2.24) is 9.38 Å². The molecule has 3 nitrogen and oxygen atoms in total. The molecule has 4 heteroatoms. The summed E-state index contributed by atoms with van der Waals surface area (Å²) < 4.78 is 1.90. The van der Waals surface area contributed by atoms with Gasteiger partial charge in [0.25, 0.3) is 0 Å². The van der Waals surface area contributed by atoms with Gasteiger partial charge in [0.2, 0.25) is 0 Å². The molecule has 3 rings (SSSR count). The molecule has 0 aromatic carbocycles. The monoisotopic (exact) mass is 221 g/mol. The van der Waals surface area contributed by atoms with Crippen molar-refractivity contribution >= 4 is 17.2 Å². The zero-order valence-electron chi connectivity index (χ0n) is 8.50. The minimum atomic E-state index is -0.163. The van der Waals surface area contributed by atoms with Gasteiger partial charge in [-0.05, 0) is 25.8 Å². The molecule has 78 valence electrons. The van der Waals surface area contributed by atoms with Crippen LogP contribution in [0.5, 0.6) is 0 Å². The summed E-state index contributed by atoms with van der Waals surface area (Å²) >= 11 is 6.14. The van der Waals surface area contributed by atoms with Crippen LogP contribution in [0, 0.1) is 6.92 Å². The topological polar surface area (TPSA) is 43.3 Å². The summed E-state index contributed by atoms with van der Waals surface area (Å²) in [6.07, 6.45) is 4.00. The number of halogens is 1. The second-order valence-corrected chi connectivity index (χ2v) is 4.62. The van der Waals surface area contributed by atoms with Gasteiger partial charge in [0, 0.05) is 17.3 Å². The highest BCUT2D eigenvalue weighted by Gasteiger charge is 2.42. The predicted octanol–water partition coefficient (Wildman–Crippen LogP) is 2.24. The molecule has 1 fully saturated rings. The maximum absolute atomic E-state index is 6.20. The maximum Gasteiger partial charge on any atom is 0.143 e. The van der Waals surface area contributed by atoms with Crippen LogP contribution in [0.4, 0.5) is 0 Å². The molecule has 0 amide bonds. The molecule has 2 aromatic rings. The first-order chi connectivity index (χ1) is 7.12. The normalized spacial score (nSPS) is 18.3. The zero-order chi connectivity index (χ0) is 10.6. The van der Waals surface area contributed by atoms with Gasteiger partial charge in [-0.3, -0.25) is 4.40 Å². The minimum absolute atomic E-state index is 0.163. The van der Waals surface area contributed by atoms with Crippen molar-refractivity contribution in [3.63, 3.8) is 0 Å². The third-order valence-corrected chi connectivity index (χ3v) is 3.53. The Kier molecular flexibility index (Phi) is 1.68. The van der Waals surface area contributed by atoms with Gasteiger partial charge >= 0.3 is 0 Å². The number of imidazole rings is 1. The molecule has 0 atom stereocenters. The van der Waals surface area contributed by atoms with Gasteiger partial charge in [-0.2, -0.15) is 0 Å². The summed E-state index contributed by atoms with van der Waals surface area (Å²) in [5.41, 5.74) is 8.90. The van der Waals surface area contributed by atoms with E-state index in [1.807, 2.05) is 29.7 Å². The van der Waals surface area contributed by atoms with Crippen LogP contribution in [-0.2, 0) is 5.54 Å². The highest BCUT2D eigenvalue weighted by Crippen LogP contribution is 2.44. The smallest absolute Gasteiger partial charge is 0.143 e. The molecule has 0 saturated heterocycles. The van der Waals surface area contributed by atoms with E-state index in [2.05, 4.69) is 4.98 Å². The number of pyridine rings is 1. The third-order valence-electron chi connectivity index (χ3n) is 3.08. The Morgan fingerprint density at radius 1 is 1.53 bits per heavy atom. The largest absolute Gasteiger partial charge is 0.321 e. The van der Waals surface area contributed by atoms with Crippen molar-refractivity contribution in [3.05, 3.63) is 34.7 Å². The van der Waals surface area contributed by atoms with Gasteiger partial charge in [-0.25, -0.2) is 4.98 Å². The van der Waals surface area contributed by atoms with Crippen molar-refractivity contribution in [1.29, 1.82) is 0 Å². The highest BCUT2D eigenvalue weighted by atomic mass is 35.5. The van der Waals surface area contributed by atoms with Crippen molar-refractivity contribution in [2.45, 2.75) is 25.3 Å². The summed E-state index contributed by atoms with van der Waals surface area (Å²) in [5, 5.41) is 0.677. The van der Waals surface area contributed by atoms with E-state index in [9.17, 15) is 0 Å². The van der Waals surface area contributed by atoms with Crippen molar-refractivity contribution in [2.24, 2.45) is 5.73 Å². The van der Waals surface area contributed by atoms with Crippen LogP contribution in [0.1, 0.15) is 24.1 Å².